The average Bonchev–Trinajstić information content (AvgIpc) is 3.18. The third kappa shape index (κ3) is 28.9. The molecule has 0 aliphatic heterocycles. The Kier molecular flexibility index (Phi) is 31.3. The molecule has 366 valence electrons. The van der Waals surface area contributed by atoms with Gasteiger partial charge in [-0.15, -0.1) is 0 Å². The van der Waals surface area contributed by atoms with Crippen LogP contribution in [0.4, 0.5) is 0 Å². The molecule has 0 bridgehead atoms. The van der Waals surface area contributed by atoms with Crippen molar-refractivity contribution < 1.29 is 95.4 Å². The van der Waals surface area contributed by atoms with Gasteiger partial charge in [0.25, 0.3) is 0 Å². The number of thioether (sulfide) groups is 1. The second-order valence-electron chi connectivity index (χ2n) is 15.6. The van der Waals surface area contributed by atoms with Gasteiger partial charge in [0.15, 0.2) is 11.2 Å². The van der Waals surface area contributed by atoms with Gasteiger partial charge in [-0.2, -0.15) is 0 Å². The van der Waals surface area contributed by atoms with E-state index in [0.717, 1.165) is 76.4 Å². The summed E-state index contributed by atoms with van der Waals surface area (Å²) in [6.45, 7) is 2.64. The Balaban J connectivity index is 2.78. The Labute approximate surface area is 370 Å². The number of ether oxygens (including phenoxy) is 2. The summed E-state index contributed by atoms with van der Waals surface area (Å²) < 4.78 is 65.2. The Hall–Kier alpha value is -0.830. The molecule has 0 aromatic heterocycles. The molecule has 8 atom stereocenters. The van der Waals surface area contributed by atoms with Gasteiger partial charge in [0.2, 0.25) is 0 Å². The van der Waals surface area contributed by atoms with Gasteiger partial charge >= 0.3 is 35.4 Å². The number of phosphoric ester groups is 3. The SMILES string of the molecule is CCCCCCCCCCCCCCCC(=O)O[C@H](COC(=O)CCCCCCCCSC(=O)CCC)COP(=O)(O)OC1C(O)[C@@H](O)C(OP(=O)(O)O)[C@@H](OP(=O)(O)O)[C@H]1O. The van der Waals surface area contributed by atoms with E-state index in [2.05, 4.69) is 16.0 Å². The molecule has 4 unspecified atom stereocenters. The van der Waals surface area contributed by atoms with E-state index in [4.69, 9.17) is 18.5 Å². The highest BCUT2D eigenvalue weighted by Gasteiger charge is 2.56. The van der Waals surface area contributed by atoms with Gasteiger partial charge in [-0.05, 0) is 25.7 Å². The Bertz CT molecular complexity index is 1400. The molecule has 0 saturated heterocycles. The number of aliphatic hydroxyl groups is 3. The molecular formula is C38H73O20P3S. The molecule has 0 amide bonds. The largest absolute Gasteiger partial charge is 0.472 e. The standard InChI is InChI=1S/C38H73O20P3S/c1-3-5-6-7-8-9-10-11-12-13-14-18-21-25-31(40)55-29(27-53-30(39)24-20-17-15-16-19-22-26-62-32(41)23-4-2)28-54-61(51,52)58-36-33(42)34(43)37(56-59(45,46)47)38(35(36)44)57-60(48,49)50/h29,33-38,42-44H,3-28H2,1-2H3,(H,51,52)(H2,45,46,47)(H2,48,49,50)/t29-,33?,34-,35+,36?,37?,38+/m1/s1. The highest BCUT2D eigenvalue weighted by atomic mass is 32.2. The summed E-state index contributed by atoms with van der Waals surface area (Å²) in [5.41, 5.74) is 0. The van der Waals surface area contributed by atoms with E-state index in [0.29, 0.717) is 19.3 Å². The summed E-state index contributed by atoms with van der Waals surface area (Å²) in [5, 5.41) is 32.0. The Morgan fingerprint density at radius 2 is 0.952 bits per heavy atom. The first-order valence-corrected chi connectivity index (χ1v) is 27.4. The maximum absolute atomic E-state index is 13.1. The van der Waals surface area contributed by atoms with Crippen LogP contribution in [0, 0.1) is 0 Å². The second kappa shape index (κ2) is 32.8. The van der Waals surface area contributed by atoms with Crippen LogP contribution in [0.2, 0.25) is 0 Å². The zero-order chi connectivity index (χ0) is 46.6. The normalized spacial score (nSPS) is 22.2. The number of esters is 2. The van der Waals surface area contributed by atoms with Crippen LogP contribution in [0.5, 0.6) is 0 Å². The van der Waals surface area contributed by atoms with Crippen LogP contribution in [0.25, 0.3) is 0 Å². The highest BCUT2D eigenvalue weighted by Crippen LogP contribution is 2.51. The third-order valence-electron chi connectivity index (χ3n) is 9.92. The molecule has 0 radical (unpaired) electrons. The first-order chi connectivity index (χ1) is 29.2. The van der Waals surface area contributed by atoms with Crippen molar-refractivity contribution in [2.24, 2.45) is 0 Å². The molecule has 0 spiro atoms. The van der Waals surface area contributed by atoms with Crippen molar-refractivity contribution in [3.8, 4) is 0 Å². The molecule has 24 heteroatoms. The van der Waals surface area contributed by atoms with Gasteiger partial charge in [-0.3, -0.25) is 32.5 Å². The van der Waals surface area contributed by atoms with E-state index in [-0.39, 0.29) is 18.0 Å². The molecule has 1 aliphatic rings. The van der Waals surface area contributed by atoms with Gasteiger partial charge < -0.3 is 49.3 Å². The predicted octanol–water partition coefficient (Wildman–Crippen LogP) is 6.27. The topological polar surface area (TPSA) is 320 Å². The number of aliphatic hydroxyl groups excluding tert-OH is 3. The number of hydrogen-bond acceptors (Lipinski definition) is 16. The fourth-order valence-electron chi connectivity index (χ4n) is 6.66. The smallest absolute Gasteiger partial charge is 0.462 e. The first-order valence-electron chi connectivity index (χ1n) is 21.9. The second-order valence-corrected chi connectivity index (χ2v) is 20.5. The fourth-order valence-corrected chi connectivity index (χ4v) is 9.68. The maximum Gasteiger partial charge on any atom is 0.472 e. The van der Waals surface area contributed by atoms with Crippen LogP contribution in [-0.2, 0) is 55.6 Å². The molecule has 20 nitrogen and oxygen atoms in total. The van der Waals surface area contributed by atoms with Crippen molar-refractivity contribution in [1.82, 2.24) is 0 Å². The summed E-state index contributed by atoms with van der Waals surface area (Å²) in [4.78, 5) is 84.5. The van der Waals surface area contributed by atoms with E-state index < -0.39 is 91.3 Å². The lowest BCUT2D eigenvalue weighted by Crippen LogP contribution is -2.65. The lowest BCUT2D eigenvalue weighted by molar-refractivity contribution is -0.213. The van der Waals surface area contributed by atoms with Crippen molar-refractivity contribution >= 4 is 52.3 Å². The molecule has 1 rings (SSSR count). The van der Waals surface area contributed by atoms with E-state index in [1.807, 2.05) is 6.92 Å². The molecule has 1 fully saturated rings. The zero-order valence-electron chi connectivity index (χ0n) is 36.2. The molecule has 8 N–H and O–H groups in total. The lowest BCUT2D eigenvalue weighted by Gasteiger charge is -2.44. The van der Waals surface area contributed by atoms with Gasteiger partial charge in [-0.1, -0.05) is 128 Å². The minimum absolute atomic E-state index is 0.0135. The molecular weight excluding hydrogens is 901 g/mol. The highest BCUT2D eigenvalue weighted by molar-refractivity contribution is 8.13. The number of hydrogen-bond donors (Lipinski definition) is 8. The van der Waals surface area contributed by atoms with Crippen molar-refractivity contribution in [2.75, 3.05) is 19.0 Å². The summed E-state index contributed by atoms with van der Waals surface area (Å²) in [6, 6.07) is 0. The number of carbonyl (C=O) groups is 3. The summed E-state index contributed by atoms with van der Waals surface area (Å²) in [7, 11) is -16.6. The molecule has 1 saturated carbocycles. The van der Waals surface area contributed by atoms with Crippen LogP contribution in [0.15, 0.2) is 0 Å². The molecule has 0 heterocycles. The minimum atomic E-state index is -5.60. The predicted molar refractivity (Wildman–Crippen MR) is 228 cm³/mol. The number of unbranched alkanes of at least 4 members (excludes halogenated alkanes) is 17. The van der Waals surface area contributed by atoms with Crippen LogP contribution < -0.4 is 0 Å². The van der Waals surface area contributed by atoms with Crippen LogP contribution in [-0.4, -0.2) is 119 Å². The van der Waals surface area contributed by atoms with E-state index in [1.165, 1.54) is 56.7 Å². The van der Waals surface area contributed by atoms with E-state index in [1.54, 1.807) is 0 Å². The molecule has 1 aliphatic carbocycles. The number of carbonyl (C=O) groups excluding carboxylic acids is 3. The third-order valence-corrected chi connectivity index (χ3v) is 13.0. The zero-order valence-corrected chi connectivity index (χ0v) is 39.7. The number of phosphoric acid groups is 3. The molecule has 62 heavy (non-hydrogen) atoms. The van der Waals surface area contributed by atoms with Crippen molar-refractivity contribution in [2.45, 2.75) is 204 Å². The van der Waals surface area contributed by atoms with E-state index in [9.17, 15) is 67.9 Å². The van der Waals surface area contributed by atoms with Crippen molar-refractivity contribution in [1.29, 1.82) is 0 Å². The van der Waals surface area contributed by atoms with Gasteiger partial charge in [0, 0.05) is 25.0 Å². The fraction of sp³-hybridized carbons (Fsp3) is 0.921. The summed E-state index contributed by atoms with van der Waals surface area (Å²) in [5.74, 6) is -0.574. The van der Waals surface area contributed by atoms with Crippen molar-refractivity contribution in [3.05, 3.63) is 0 Å². The minimum Gasteiger partial charge on any atom is -0.462 e. The Morgan fingerprint density at radius 1 is 0.516 bits per heavy atom. The van der Waals surface area contributed by atoms with Crippen molar-refractivity contribution in [3.63, 3.8) is 0 Å². The molecule has 0 aromatic rings. The average molecular weight is 975 g/mol. The van der Waals surface area contributed by atoms with E-state index >= 15 is 0 Å². The van der Waals surface area contributed by atoms with Gasteiger partial charge in [0.1, 0.15) is 43.2 Å². The summed E-state index contributed by atoms with van der Waals surface area (Å²) >= 11 is 1.35. The van der Waals surface area contributed by atoms with Gasteiger partial charge in [0.05, 0.1) is 6.61 Å². The van der Waals surface area contributed by atoms with Crippen LogP contribution in [0.1, 0.15) is 162 Å². The maximum atomic E-state index is 13.1. The number of rotatable bonds is 37. The lowest BCUT2D eigenvalue weighted by atomic mass is 9.85. The monoisotopic (exact) mass is 974 g/mol. The first kappa shape index (κ1) is 59.2. The summed E-state index contributed by atoms with van der Waals surface area (Å²) in [6.07, 6.45) is 4.09. The quantitative estimate of drug-likeness (QED) is 0.0193. The van der Waals surface area contributed by atoms with Gasteiger partial charge in [-0.25, -0.2) is 13.7 Å². The van der Waals surface area contributed by atoms with Crippen LogP contribution in [0.3, 0.4) is 0 Å². The van der Waals surface area contributed by atoms with Crippen LogP contribution >= 0.6 is 35.2 Å². The Morgan fingerprint density at radius 3 is 1.44 bits per heavy atom. The molecule has 0 aromatic carbocycles.